The van der Waals surface area contributed by atoms with Crippen LogP contribution in [0.4, 0.5) is 0 Å². The molecule has 0 aliphatic heterocycles. The van der Waals surface area contributed by atoms with E-state index in [1.54, 1.807) is 6.20 Å². The average Bonchev–Trinajstić information content (AvgIpc) is 3.05. The van der Waals surface area contributed by atoms with Gasteiger partial charge in [0, 0.05) is 24.7 Å². The number of hydrogen-bond donors (Lipinski definition) is 2. The molecule has 2 heterocycles. The zero-order valence-electron chi connectivity index (χ0n) is 16.5. The molecule has 3 rings (SSSR count). The van der Waals surface area contributed by atoms with Gasteiger partial charge >= 0.3 is 0 Å². The van der Waals surface area contributed by atoms with E-state index in [2.05, 4.69) is 29.6 Å². The van der Waals surface area contributed by atoms with Crippen LogP contribution in [0.5, 0.6) is 0 Å². The fraction of sp³-hybridized carbons (Fsp3) is 0.350. The molecule has 6 nitrogen and oxygen atoms in total. The molecule has 1 amide bonds. The fourth-order valence-corrected chi connectivity index (χ4v) is 2.98. The minimum absolute atomic E-state index is 0. The minimum Gasteiger partial charge on any atom is -0.351 e. The Morgan fingerprint density at radius 2 is 1.89 bits per heavy atom. The smallest absolute Gasteiger partial charge is 0.252 e. The molecule has 28 heavy (non-hydrogen) atoms. The normalized spacial score (nSPS) is 10.5. The predicted octanol–water partition coefficient (Wildman–Crippen LogP) is 3.78. The summed E-state index contributed by atoms with van der Waals surface area (Å²) in [4.78, 5) is 17.6. The standard InChI is InChI=1S/C20H25N5O.2ClH/c1-13(2)25-19-17(12-23-25)16(20(26)22-10-9-21-4)11-18(24-19)15-8-6-5-7-14(15)3;;/h5-8,11-13,21H,9-10H2,1-4H3,(H,22,26);2*1H. The second kappa shape index (κ2) is 10.4. The van der Waals surface area contributed by atoms with Crippen molar-refractivity contribution in [1.29, 1.82) is 0 Å². The Balaban J connectivity index is 0.00000196. The highest BCUT2D eigenvalue weighted by molar-refractivity contribution is 6.06. The van der Waals surface area contributed by atoms with Crippen LogP contribution in [0.2, 0.25) is 0 Å². The molecule has 0 bridgehead atoms. The van der Waals surface area contributed by atoms with Gasteiger partial charge in [-0.3, -0.25) is 4.79 Å². The van der Waals surface area contributed by atoms with E-state index in [0.29, 0.717) is 12.1 Å². The lowest BCUT2D eigenvalue weighted by Gasteiger charge is -2.12. The number of halogens is 2. The Kier molecular flexibility index (Phi) is 8.88. The van der Waals surface area contributed by atoms with Crippen molar-refractivity contribution in [1.82, 2.24) is 25.4 Å². The van der Waals surface area contributed by atoms with Gasteiger partial charge in [-0.25, -0.2) is 9.67 Å². The summed E-state index contributed by atoms with van der Waals surface area (Å²) < 4.78 is 1.86. The molecule has 3 aromatic rings. The number of aryl methyl sites for hydroxylation is 1. The predicted molar refractivity (Wildman–Crippen MR) is 119 cm³/mol. The van der Waals surface area contributed by atoms with Crippen LogP contribution in [0, 0.1) is 6.92 Å². The van der Waals surface area contributed by atoms with Crippen molar-refractivity contribution in [2.24, 2.45) is 0 Å². The number of carbonyl (C=O) groups is 1. The third kappa shape index (κ3) is 4.82. The van der Waals surface area contributed by atoms with Crippen molar-refractivity contribution in [3.05, 3.63) is 47.7 Å². The van der Waals surface area contributed by atoms with Crippen LogP contribution in [0.15, 0.2) is 36.5 Å². The maximum Gasteiger partial charge on any atom is 0.252 e. The number of carbonyl (C=O) groups excluding carboxylic acids is 1. The average molecular weight is 424 g/mol. The SMILES string of the molecule is CNCCNC(=O)c1cc(-c2ccccc2C)nc2c1cnn2C(C)C.Cl.Cl. The van der Waals surface area contributed by atoms with E-state index in [0.717, 1.165) is 34.4 Å². The van der Waals surface area contributed by atoms with Gasteiger partial charge in [0.25, 0.3) is 5.91 Å². The lowest BCUT2D eigenvalue weighted by molar-refractivity contribution is 0.0955. The number of nitrogens with zero attached hydrogens (tertiary/aromatic N) is 3. The van der Waals surface area contributed by atoms with Crippen LogP contribution in [0.1, 0.15) is 35.8 Å². The van der Waals surface area contributed by atoms with Crippen LogP contribution in [0.25, 0.3) is 22.3 Å². The second-order valence-corrected chi connectivity index (χ2v) is 6.65. The lowest BCUT2D eigenvalue weighted by atomic mass is 10.0. The molecule has 2 aromatic heterocycles. The van der Waals surface area contributed by atoms with E-state index in [9.17, 15) is 4.79 Å². The highest BCUT2D eigenvalue weighted by atomic mass is 35.5. The molecular formula is C20H27Cl2N5O. The summed E-state index contributed by atoms with van der Waals surface area (Å²) >= 11 is 0. The van der Waals surface area contributed by atoms with Crippen molar-refractivity contribution in [3.63, 3.8) is 0 Å². The second-order valence-electron chi connectivity index (χ2n) is 6.65. The van der Waals surface area contributed by atoms with Gasteiger partial charge in [0.15, 0.2) is 5.65 Å². The summed E-state index contributed by atoms with van der Waals surface area (Å²) in [7, 11) is 1.86. The summed E-state index contributed by atoms with van der Waals surface area (Å²) in [6.45, 7) is 7.45. The number of fused-ring (bicyclic) bond motifs is 1. The number of hydrogen-bond acceptors (Lipinski definition) is 4. The number of rotatable bonds is 6. The van der Waals surface area contributed by atoms with E-state index in [-0.39, 0.29) is 36.8 Å². The van der Waals surface area contributed by atoms with Gasteiger partial charge < -0.3 is 10.6 Å². The maximum atomic E-state index is 12.8. The number of likely N-dealkylation sites (N-methyl/N-ethyl adjacent to an activating group) is 1. The highest BCUT2D eigenvalue weighted by Gasteiger charge is 2.18. The molecule has 0 atom stereocenters. The molecule has 2 N–H and O–H groups in total. The molecule has 8 heteroatoms. The Labute approximate surface area is 177 Å². The van der Waals surface area contributed by atoms with E-state index in [4.69, 9.17) is 4.98 Å². The highest BCUT2D eigenvalue weighted by Crippen LogP contribution is 2.28. The molecule has 0 aliphatic rings. The first-order valence-electron chi connectivity index (χ1n) is 8.90. The molecule has 1 aromatic carbocycles. The summed E-state index contributed by atoms with van der Waals surface area (Å²) in [5.74, 6) is -0.106. The maximum absolute atomic E-state index is 12.8. The zero-order chi connectivity index (χ0) is 18.7. The Bertz CT molecular complexity index is 939. The summed E-state index contributed by atoms with van der Waals surface area (Å²) in [5.41, 5.74) is 4.28. The molecular weight excluding hydrogens is 397 g/mol. The van der Waals surface area contributed by atoms with E-state index in [1.807, 2.05) is 49.0 Å². The van der Waals surface area contributed by atoms with Crippen molar-refractivity contribution < 1.29 is 4.79 Å². The number of aromatic nitrogens is 3. The van der Waals surface area contributed by atoms with Crippen LogP contribution >= 0.6 is 24.8 Å². The first kappa shape index (κ1) is 23.9. The van der Waals surface area contributed by atoms with E-state index in [1.165, 1.54) is 0 Å². The number of amides is 1. The van der Waals surface area contributed by atoms with Gasteiger partial charge in [-0.2, -0.15) is 5.10 Å². The number of nitrogens with one attached hydrogen (secondary N) is 2. The molecule has 0 saturated carbocycles. The summed E-state index contributed by atoms with van der Waals surface area (Å²) in [6, 6.07) is 10.1. The molecule has 0 spiro atoms. The minimum atomic E-state index is -0.106. The summed E-state index contributed by atoms with van der Waals surface area (Å²) in [6.07, 6.45) is 1.73. The van der Waals surface area contributed by atoms with Crippen LogP contribution in [0.3, 0.4) is 0 Å². The molecule has 0 radical (unpaired) electrons. The Morgan fingerprint density at radius 3 is 2.54 bits per heavy atom. The summed E-state index contributed by atoms with van der Waals surface area (Å²) in [5, 5.41) is 11.2. The van der Waals surface area contributed by atoms with Crippen molar-refractivity contribution in [3.8, 4) is 11.3 Å². The van der Waals surface area contributed by atoms with Crippen molar-refractivity contribution in [2.45, 2.75) is 26.8 Å². The number of pyridine rings is 1. The van der Waals surface area contributed by atoms with Gasteiger partial charge in [0.2, 0.25) is 0 Å². The van der Waals surface area contributed by atoms with E-state index < -0.39 is 0 Å². The largest absolute Gasteiger partial charge is 0.351 e. The van der Waals surface area contributed by atoms with Crippen molar-refractivity contribution >= 4 is 41.8 Å². The molecule has 152 valence electrons. The molecule has 0 saturated heterocycles. The number of benzene rings is 1. The van der Waals surface area contributed by atoms with Crippen LogP contribution in [-0.2, 0) is 0 Å². The Morgan fingerprint density at radius 1 is 1.18 bits per heavy atom. The topological polar surface area (TPSA) is 71.8 Å². The lowest BCUT2D eigenvalue weighted by Crippen LogP contribution is -2.30. The third-order valence-electron chi connectivity index (χ3n) is 4.38. The fourth-order valence-electron chi connectivity index (χ4n) is 2.98. The molecule has 0 fully saturated rings. The van der Waals surface area contributed by atoms with Crippen LogP contribution < -0.4 is 10.6 Å². The molecule has 0 aliphatic carbocycles. The van der Waals surface area contributed by atoms with Crippen molar-refractivity contribution in [2.75, 3.05) is 20.1 Å². The van der Waals surface area contributed by atoms with E-state index >= 15 is 0 Å². The third-order valence-corrected chi connectivity index (χ3v) is 4.38. The first-order valence-corrected chi connectivity index (χ1v) is 8.90. The van der Waals surface area contributed by atoms with Gasteiger partial charge in [-0.1, -0.05) is 24.3 Å². The van der Waals surface area contributed by atoms with Gasteiger partial charge in [0.05, 0.1) is 22.8 Å². The Hall–Kier alpha value is -2.15. The monoisotopic (exact) mass is 423 g/mol. The van der Waals surface area contributed by atoms with Gasteiger partial charge in [0.1, 0.15) is 0 Å². The first-order chi connectivity index (χ1) is 12.5. The zero-order valence-corrected chi connectivity index (χ0v) is 18.2. The quantitative estimate of drug-likeness (QED) is 0.591. The van der Waals surface area contributed by atoms with Gasteiger partial charge in [-0.05, 0) is 39.4 Å². The molecule has 0 unspecified atom stereocenters. The van der Waals surface area contributed by atoms with Crippen LogP contribution in [-0.4, -0.2) is 40.8 Å². The van der Waals surface area contributed by atoms with Gasteiger partial charge in [-0.15, -0.1) is 24.8 Å².